The zero-order chi connectivity index (χ0) is 15.6. The van der Waals surface area contributed by atoms with Gasteiger partial charge in [0.25, 0.3) is 0 Å². The topological polar surface area (TPSA) is 67.1 Å². The highest BCUT2D eigenvalue weighted by Crippen LogP contribution is 2.15. The summed E-state index contributed by atoms with van der Waals surface area (Å²) in [7, 11) is 1.92. The fourth-order valence-corrected chi connectivity index (χ4v) is 2.59. The smallest absolute Gasteiger partial charge is 0.191 e. The van der Waals surface area contributed by atoms with Gasteiger partial charge in [0.15, 0.2) is 11.8 Å². The number of thioether (sulfide) groups is 1. The molecule has 6 nitrogen and oxygen atoms in total. The summed E-state index contributed by atoms with van der Waals surface area (Å²) in [6.45, 7) is 4.25. The standard InChI is InChI=1S/C15H22N6S.HI/c1-3-16-15(18-11-14-20-19-12-21(14)2)17-9-10-22-13-7-5-4-6-8-13;/h4-8,12H,3,9-11H2,1-2H3,(H2,16,17,18);1H. The third kappa shape index (κ3) is 7.21. The minimum absolute atomic E-state index is 0. The van der Waals surface area contributed by atoms with Crippen LogP contribution < -0.4 is 10.6 Å². The van der Waals surface area contributed by atoms with Gasteiger partial charge in [-0.25, -0.2) is 4.99 Å². The lowest BCUT2D eigenvalue weighted by Crippen LogP contribution is -2.38. The zero-order valence-corrected chi connectivity index (χ0v) is 16.5. The number of hydrogen-bond donors (Lipinski definition) is 2. The summed E-state index contributed by atoms with van der Waals surface area (Å²) < 4.78 is 1.87. The molecule has 23 heavy (non-hydrogen) atoms. The number of guanidine groups is 1. The summed E-state index contributed by atoms with van der Waals surface area (Å²) in [5.74, 6) is 2.63. The highest BCUT2D eigenvalue weighted by molar-refractivity contribution is 14.0. The Bertz CT molecular complexity index is 587. The predicted molar refractivity (Wildman–Crippen MR) is 106 cm³/mol. The average molecular weight is 446 g/mol. The second kappa shape index (κ2) is 11.3. The molecule has 0 saturated carbocycles. The van der Waals surface area contributed by atoms with Gasteiger partial charge in [0, 0.05) is 30.8 Å². The maximum atomic E-state index is 4.52. The van der Waals surface area contributed by atoms with Gasteiger partial charge in [-0.15, -0.1) is 45.9 Å². The Kier molecular flexibility index (Phi) is 9.69. The quantitative estimate of drug-likeness (QED) is 0.225. The fourth-order valence-electron chi connectivity index (χ4n) is 1.80. The largest absolute Gasteiger partial charge is 0.357 e. The molecule has 2 aromatic rings. The molecule has 0 radical (unpaired) electrons. The van der Waals surface area contributed by atoms with Crippen molar-refractivity contribution in [3.8, 4) is 0 Å². The molecule has 1 aromatic heterocycles. The van der Waals surface area contributed by atoms with Gasteiger partial charge in [0.1, 0.15) is 12.9 Å². The zero-order valence-electron chi connectivity index (χ0n) is 13.4. The van der Waals surface area contributed by atoms with Gasteiger partial charge in [-0.2, -0.15) is 0 Å². The van der Waals surface area contributed by atoms with Crippen LogP contribution in [-0.4, -0.2) is 39.6 Å². The molecule has 0 aliphatic carbocycles. The highest BCUT2D eigenvalue weighted by Gasteiger charge is 2.01. The first-order valence-electron chi connectivity index (χ1n) is 7.32. The van der Waals surface area contributed by atoms with E-state index < -0.39 is 0 Å². The minimum Gasteiger partial charge on any atom is -0.357 e. The van der Waals surface area contributed by atoms with E-state index in [1.165, 1.54) is 4.90 Å². The van der Waals surface area contributed by atoms with Crippen LogP contribution in [0.15, 0.2) is 46.5 Å². The van der Waals surface area contributed by atoms with Crippen molar-refractivity contribution in [2.45, 2.75) is 18.4 Å². The van der Waals surface area contributed by atoms with E-state index in [-0.39, 0.29) is 24.0 Å². The molecule has 0 bridgehead atoms. The van der Waals surface area contributed by atoms with E-state index in [4.69, 9.17) is 0 Å². The first-order valence-corrected chi connectivity index (χ1v) is 8.31. The maximum absolute atomic E-state index is 4.52. The van der Waals surface area contributed by atoms with Gasteiger partial charge in [-0.1, -0.05) is 18.2 Å². The van der Waals surface area contributed by atoms with Gasteiger partial charge >= 0.3 is 0 Å². The van der Waals surface area contributed by atoms with Crippen LogP contribution >= 0.6 is 35.7 Å². The summed E-state index contributed by atoms with van der Waals surface area (Å²) in [5, 5.41) is 14.5. The molecule has 0 saturated heterocycles. The molecule has 0 aliphatic rings. The predicted octanol–water partition coefficient (Wildman–Crippen LogP) is 2.28. The van der Waals surface area contributed by atoms with Crippen LogP contribution in [0.1, 0.15) is 12.7 Å². The molecule has 2 N–H and O–H groups in total. The molecule has 2 rings (SSSR count). The molecule has 8 heteroatoms. The Hall–Kier alpha value is -1.29. The van der Waals surface area contributed by atoms with Crippen molar-refractivity contribution in [3.05, 3.63) is 42.5 Å². The highest BCUT2D eigenvalue weighted by atomic mass is 127. The van der Waals surface area contributed by atoms with Gasteiger partial charge in [0.2, 0.25) is 0 Å². The second-order valence-corrected chi connectivity index (χ2v) is 5.81. The van der Waals surface area contributed by atoms with Crippen molar-refractivity contribution in [2.75, 3.05) is 18.8 Å². The van der Waals surface area contributed by atoms with E-state index in [0.717, 1.165) is 30.6 Å². The van der Waals surface area contributed by atoms with Crippen LogP contribution in [0.2, 0.25) is 0 Å². The lowest BCUT2D eigenvalue weighted by Gasteiger charge is -2.11. The molecule has 0 aliphatic heterocycles. The van der Waals surface area contributed by atoms with Crippen molar-refractivity contribution >= 4 is 41.7 Å². The lowest BCUT2D eigenvalue weighted by atomic mass is 10.4. The van der Waals surface area contributed by atoms with Crippen molar-refractivity contribution in [1.29, 1.82) is 0 Å². The molecular weight excluding hydrogens is 423 g/mol. The monoisotopic (exact) mass is 446 g/mol. The fraction of sp³-hybridized carbons (Fsp3) is 0.400. The Morgan fingerprint density at radius 3 is 2.70 bits per heavy atom. The molecule has 0 fully saturated rings. The molecule has 0 atom stereocenters. The van der Waals surface area contributed by atoms with Gasteiger partial charge in [-0.3, -0.25) is 0 Å². The van der Waals surface area contributed by atoms with Crippen molar-refractivity contribution in [3.63, 3.8) is 0 Å². The summed E-state index contributed by atoms with van der Waals surface area (Å²) in [6.07, 6.45) is 1.68. The van der Waals surface area contributed by atoms with Crippen molar-refractivity contribution in [2.24, 2.45) is 12.0 Å². The van der Waals surface area contributed by atoms with Crippen molar-refractivity contribution in [1.82, 2.24) is 25.4 Å². The van der Waals surface area contributed by atoms with E-state index in [9.17, 15) is 0 Å². The number of benzene rings is 1. The number of nitrogens with one attached hydrogen (secondary N) is 2. The number of halogens is 1. The number of hydrogen-bond acceptors (Lipinski definition) is 4. The number of rotatable bonds is 7. The Morgan fingerprint density at radius 2 is 2.04 bits per heavy atom. The number of aliphatic imine (C=N–C) groups is 1. The van der Waals surface area contributed by atoms with E-state index in [1.807, 2.05) is 29.4 Å². The van der Waals surface area contributed by atoms with Gasteiger partial charge < -0.3 is 15.2 Å². The molecular formula is C15H23IN6S. The summed E-state index contributed by atoms with van der Waals surface area (Å²) in [4.78, 5) is 5.81. The average Bonchev–Trinajstić information content (AvgIpc) is 2.95. The molecule has 1 aromatic carbocycles. The number of aromatic nitrogens is 3. The molecule has 0 unspecified atom stereocenters. The molecule has 0 spiro atoms. The van der Waals surface area contributed by atoms with Gasteiger partial charge in [0.05, 0.1) is 0 Å². The molecule has 126 valence electrons. The van der Waals surface area contributed by atoms with Crippen LogP contribution in [0, 0.1) is 0 Å². The van der Waals surface area contributed by atoms with E-state index in [2.05, 4.69) is 57.0 Å². The Morgan fingerprint density at radius 1 is 1.26 bits per heavy atom. The normalized spacial score (nSPS) is 11.0. The Balaban J connectivity index is 0.00000264. The van der Waals surface area contributed by atoms with Gasteiger partial charge in [-0.05, 0) is 19.1 Å². The summed E-state index contributed by atoms with van der Waals surface area (Å²) in [6, 6.07) is 10.4. The van der Waals surface area contributed by atoms with E-state index in [0.29, 0.717) is 6.54 Å². The molecule has 1 heterocycles. The van der Waals surface area contributed by atoms with E-state index in [1.54, 1.807) is 6.33 Å². The minimum atomic E-state index is 0. The van der Waals surface area contributed by atoms with Crippen LogP contribution in [0.25, 0.3) is 0 Å². The SMILES string of the molecule is CCNC(=NCc1nncn1C)NCCSc1ccccc1.I. The van der Waals surface area contributed by atoms with Crippen LogP contribution in [0.5, 0.6) is 0 Å². The van der Waals surface area contributed by atoms with Crippen LogP contribution in [-0.2, 0) is 13.6 Å². The molecule has 0 amide bonds. The summed E-state index contributed by atoms with van der Waals surface area (Å²) in [5.41, 5.74) is 0. The van der Waals surface area contributed by atoms with Crippen LogP contribution in [0.4, 0.5) is 0 Å². The number of nitrogens with zero attached hydrogens (tertiary/aromatic N) is 4. The van der Waals surface area contributed by atoms with Crippen LogP contribution in [0.3, 0.4) is 0 Å². The second-order valence-electron chi connectivity index (χ2n) is 4.64. The first kappa shape index (κ1) is 19.8. The third-order valence-corrected chi connectivity index (χ3v) is 3.95. The van der Waals surface area contributed by atoms with E-state index >= 15 is 0 Å². The van der Waals surface area contributed by atoms with Crippen molar-refractivity contribution < 1.29 is 0 Å². The first-order chi connectivity index (χ1) is 10.8. The third-order valence-electron chi connectivity index (χ3n) is 2.93. The maximum Gasteiger partial charge on any atom is 0.191 e. The lowest BCUT2D eigenvalue weighted by molar-refractivity contribution is 0.774. The number of aryl methyl sites for hydroxylation is 1. The Labute approximate surface area is 158 Å². The summed E-state index contributed by atoms with van der Waals surface area (Å²) >= 11 is 1.83.